The Morgan fingerprint density at radius 1 is 1.19 bits per heavy atom. The van der Waals surface area contributed by atoms with Gasteiger partial charge in [0.2, 0.25) is 5.88 Å². The molecule has 11 heteroatoms. The fraction of sp³-hybridized carbons (Fsp3) is 0.250. The molecule has 3 rings (SSSR count). The Labute approximate surface area is 177 Å². The largest absolute Gasteiger partial charge is 0.488 e. The smallest absolute Gasteiger partial charge is 0.356 e. The van der Waals surface area contributed by atoms with Gasteiger partial charge in [-0.15, -0.1) is 0 Å². The molecule has 0 aliphatic carbocycles. The summed E-state index contributed by atoms with van der Waals surface area (Å²) in [5.74, 6) is -0.727. The van der Waals surface area contributed by atoms with Crippen LogP contribution in [0.2, 0.25) is 0 Å². The van der Waals surface area contributed by atoms with Crippen molar-refractivity contribution in [3.8, 4) is 17.4 Å². The number of nitrogens with zero attached hydrogens (tertiary/aromatic N) is 4. The SMILES string of the molecule is CC[C@@H](CO)Oc1cc(Oc2cnc(C(=O)O)cn2)cc(C(=O)Nc2ccn(C)n2)c1. The Bertz CT molecular complexity index is 1060. The zero-order valence-electron chi connectivity index (χ0n) is 16.8. The van der Waals surface area contributed by atoms with Gasteiger partial charge in [0.25, 0.3) is 5.91 Å². The van der Waals surface area contributed by atoms with Gasteiger partial charge in [0.15, 0.2) is 11.5 Å². The minimum Gasteiger partial charge on any atom is -0.488 e. The highest BCUT2D eigenvalue weighted by atomic mass is 16.5. The van der Waals surface area contributed by atoms with Crippen molar-refractivity contribution in [3.05, 3.63) is 54.1 Å². The molecule has 3 N–H and O–H groups in total. The van der Waals surface area contributed by atoms with Crippen molar-refractivity contribution in [3.63, 3.8) is 0 Å². The minimum atomic E-state index is -1.21. The number of aliphatic hydroxyl groups excluding tert-OH is 1. The Hall–Kier alpha value is -3.99. The molecule has 1 aromatic carbocycles. The molecule has 1 atom stereocenters. The average Bonchev–Trinajstić information content (AvgIpc) is 3.16. The number of hydrogen-bond donors (Lipinski definition) is 3. The molecule has 2 aromatic heterocycles. The van der Waals surface area contributed by atoms with Crippen LogP contribution in [0.3, 0.4) is 0 Å². The average molecular weight is 427 g/mol. The van der Waals surface area contributed by atoms with Gasteiger partial charge in [0.05, 0.1) is 19.0 Å². The number of aliphatic hydroxyl groups is 1. The molecule has 0 radical (unpaired) electrons. The predicted molar refractivity (Wildman–Crippen MR) is 108 cm³/mol. The summed E-state index contributed by atoms with van der Waals surface area (Å²) >= 11 is 0. The highest BCUT2D eigenvalue weighted by Crippen LogP contribution is 2.28. The number of nitrogens with one attached hydrogen (secondary N) is 1. The quantitative estimate of drug-likeness (QED) is 0.467. The third-order valence-corrected chi connectivity index (χ3v) is 4.13. The van der Waals surface area contributed by atoms with Crippen LogP contribution in [0.5, 0.6) is 17.4 Å². The first kappa shape index (κ1) is 21.7. The number of ether oxygens (including phenoxy) is 2. The molecule has 0 saturated carbocycles. The molecule has 0 unspecified atom stereocenters. The number of amides is 1. The number of carbonyl (C=O) groups is 2. The van der Waals surface area contributed by atoms with Crippen LogP contribution in [0.25, 0.3) is 0 Å². The molecule has 2 heterocycles. The number of carbonyl (C=O) groups excluding carboxylic acids is 1. The number of rotatable bonds is 9. The number of aromatic carboxylic acids is 1. The summed E-state index contributed by atoms with van der Waals surface area (Å²) < 4.78 is 12.9. The molecular formula is C20H21N5O6. The van der Waals surface area contributed by atoms with Crippen molar-refractivity contribution >= 4 is 17.7 Å². The lowest BCUT2D eigenvalue weighted by Crippen LogP contribution is -2.20. The summed E-state index contributed by atoms with van der Waals surface area (Å²) in [7, 11) is 1.73. The highest BCUT2D eigenvalue weighted by Gasteiger charge is 2.15. The van der Waals surface area contributed by atoms with Crippen LogP contribution in [-0.4, -0.2) is 54.5 Å². The maximum Gasteiger partial charge on any atom is 0.356 e. The summed E-state index contributed by atoms with van der Waals surface area (Å²) in [6, 6.07) is 6.16. The first-order valence-electron chi connectivity index (χ1n) is 9.34. The summed E-state index contributed by atoms with van der Waals surface area (Å²) in [6.45, 7) is 1.66. The molecule has 0 aliphatic rings. The van der Waals surface area contributed by atoms with Crippen LogP contribution in [0.15, 0.2) is 42.9 Å². The number of hydrogen-bond acceptors (Lipinski definition) is 8. The zero-order chi connectivity index (χ0) is 22.4. The van der Waals surface area contributed by atoms with E-state index in [9.17, 15) is 14.7 Å². The van der Waals surface area contributed by atoms with Gasteiger partial charge in [-0.05, 0) is 18.6 Å². The number of carboxylic acid groups (broad SMARTS) is 1. The molecular weight excluding hydrogens is 406 g/mol. The van der Waals surface area contributed by atoms with Gasteiger partial charge in [0.1, 0.15) is 17.6 Å². The maximum absolute atomic E-state index is 12.7. The topological polar surface area (TPSA) is 149 Å². The summed E-state index contributed by atoms with van der Waals surface area (Å²) in [5, 5.41) is 25.1. The van der Waals surface area contributed by atoms with E-state index in [1.165, 1.54) is 18.2 Å². The molecule has 0 aliphatic heterocycles. The van der Waals surface area contributed by atoms with E-state index in [2.05, 4.69) is 20.4 Å². The van der Waals surface area contributed by atoms with Crippen LogP contribution < -0.4 is 14.8 Å². The van der Waals surface area contributed by atoms with Gasteiger partial charge in [-0.2, -0.15) is 5.10 Å². The van der Waals surface area contributed by atoms with Gasteiger partial charge >= 0.3 is 5.97 Å². The van der Waals surface area contributed by atoms with Crippen LogP contribution in [0.4, 0.5) is 5.82 Å². The second kappa shape index (κ2) is 9.67. The summed E-state index contributed by atoms with van der Waals surface area (Å²) in [5.41, 5.74) is -0.00495. The second-order valence-corrected chi connectivity index (χ2v) is 6.50. The fourth-order valence-corrected chi connectivity index (χ4v) is 2.54. The Kier molecular flexibility index (Phi) is 6.78. The van der Waals surface area contributed by atoms with Crippen LogP contribution in [0, 0.1) is 0 Å². The van der Waals surface area contributed by atoms with E-state index >= 15 is 0 Å². The molecule has 0 spiro atoms. The van der Waals surface area contributed by atoms with Crippen LogP contribution in [0.1, 0.15) is 34.2 Å². The van der Waals surface area contributed by atoms with Gasteiger partial charge in [-0.25, -0.2) is 14.8 Å². The normalized spacial score (nSPS) is 11.6. The van der Waals surface area contributed by atoms with E-state index < -0.39 is 18.0 Å². The monoisotopic (exact) mass is 427 g/mol. The third kappa shape index (κ3) is 5.76. The Balaban J connectivity index is 1.88. The molecule has 0 bridgehead atoms. The van der Waals surface area contributed by atoms with Crippen molar-refractivity contribution < 1.29 is 29.3 Å². The summed E-state index contributed by atoms with van der Waals surface area (Å²) in [6.07, 6.45) is 4.00. The van der Waals surface area contributed by atoms with Gasteiger partial charge in [-0.1, -0.05) is 6.92 Å². The lowest BCUT2D eigenvalue weighted by molar-refractivity contribution is 0.0689. The number of aryl methyl sites for hydroxylation is 1. The summed E-state index contributed by atoms with van der Waals surface area (Å²) in [4.78, 5) is 31.3. The van der Waals surface area contributed by atoms with Crippen molar-refractivity contribution in [2.45, 2.75) is 19.4 Å². The van der Waals surface area contributed by atoms with Crippen LogP contribution >= 0.6 is 0 Å². The van der Waals surface area contributed by atoms with Crippen LogP contribution in [-0.2, 0) is 7.05 Å². The predicted octanol–water partition coefficient (Wildman–Crippen LogP) is 2.10. The molecule has 1 amide bonds. The van der Waals surface area contributed by atoms with E-state index in [0.29, 0.717) is 18.0 Å². The van der Waals surface area contributed by atoms with E-state index in [4.69, 9.17) is 14.6 Å². The molecule has 162 valence electrons. The van der Waals surface area contributed by atoms with Crippen molar-refractivity contribution in [1.29, 1.82) is 0 Å². The molecule has 31 heavy (non-hydrogen) atoms. The molecule has 0 saturated heterocycles. The standard InChI is InChI=1S/C20H21N5O6/c1-3-13(11-26)30-14-6-12(19(27)23-17-4-5-25(2)24-17)7-15(8-14)31-18-10-21-16(9-22-18)20(28)29/h4-10,13,26H,3,11H2,1-2H3,(H,28,29)(H,23,24,27)/t13-/m0/s1. The zero-order valence-corrected chi connectivity index (χ0v) is 16.8. The van der Waals surface area contributed by atoms with Gasteiger partial charge in [-0.3, -0.25) is 9.48 Å². The van der Waals surface area contributed by atoms with E-state index in [1.807, 2.05) is 6.92 Å². The fourth-order valence-electron chi connectivity index (χ4n) is 2.54. The number of benzene rings is 1. The molecule has 11 nitrogen and oxygen atoms in total. The van der Waals surface area contributed by atoms with Crippen molar-refractivity contribution in [2.75, 3.05) is 11.9 Å². The van der Waals surface area contributed by atoms with E-state index in [1.54, 1.807) is 24.0 Å². The molecule has 0 fully saturated rings. The van der Waals surface area contributed by atoms with Gasteiger partial charge < -0.3 is 25.0 Å². The third-order valence-electron chi connectivity index (χ3n) is 4.13. The minimum absolute atomic E-state index is 0.0347. The first-order valence-corrected chi connectivity index (χ1v) is 9.34. The number of anilines is 1. The number of aromatic nitrogens is 4. The Morgan fingerprint density at radius 3 is 2.55 bits per heavy atom. The van der Waals surface area contributed by atoms with Crippen molar-refractivity contribution in [1.82, 2.24) is 19.7 Å². The number of carboxylic acids is 1. The lowest BCUT2D eigenvalue weighted by atomic mass is 10.1. The van der Waals surface area contributed by atoms with E-state index in [-0.39, 0.29) is 29.5 Å². The van der Waals surface area contributed by atoms with Gasteiger partial charge in [0, 0.05) is 30.9 Å². The maximum atomic E-state index is 12.7. The Morgan fingerprint density at radius 2 is 1.97 bits per heavy atom. The lowest BCUT2D eigenvalue weighted by Gasteiger charge is -2.17. The highest BCUT2D eigenvalue weighted by molar-refractivity contribution is 6.04. The first-order chi connectivity index (χ1) is 14.9. The van der Waals surface area contributed by atoms with Crippen molar-refractivity contribution in [2.24, 2.45) is 7.05 Å². The van der Waals surface area contributed by atoms with E-state index in [0.717, 1.165) is 12.4 Å². The molecule has 3 aromatic rings. The second-order valence-electron chi connectivity index (χ2n) is 6.50.